The summed E-state index contributed by atoms with van der Waals surface area (Å²) in [5.41, 5.74) is 6.81. The number of fused-ring (bicyclic) bond motifs is 1. The van der Waals surface area contributed by atoms with Crippen molar-refractivity contribution in [3.63, 3.8) is 0 Å². The zero-order valence-corrected chi connectivity index (χ0v) is 15.7. The Hall–Kier alpha value is -2.15. The van der Waals surface area contributed by atoms with Crippen LogP contribution in [0.3, 0.4) is 0 Å². The Labute approximate surface area is 151 Å². The minimum atomic E-state index is 0.897. The number of aromatic nitrogens is 1. The number of pyridine rings is 1. The lowest BCUT2D eigenvalue weighted by Crippen LogP contribution is -2.35. The van der Waals surface area contributed by atoms with Crippen molar-refractivity contribution in [1.82, 2.24) is 0 Å². The molecule has 1 saturated carbocycles. The first kappa shape index (κ1) is 16.3. The van der Waals surface area contributed by atoms with Crippen LogP contribution in [0.15, 0.2) is 48.5 Å². The van der Waals surface area contributed by atoms with Gasteiger partial charge in [0.15, 0.2) is 5.69 Å². The van der Waals surface area contributed by atoms with Crippen molar-refractivity contribution in [3.8, 4) is 11.3 Å². The van der Waals surface area contributed by atoms with E-state index in [1.165, 1.54) is 71.0 Å². The van der Waals surface area contributed by atoms with Crippen molar-refractivity contribution in [2.75, 3.05) is 0 Å². The van der Waals surface area contributed by atoms with Crippen molar-refractivity contribution < 1.29 is 4.57 Å². The lowest BCUT2D eigenvalue weighted by atomic mass is 9.94. The monoisotopic (exact) mass is 330 g/mol. The van der Waals surface area contributed by atoms with Gasteiger partial charge in [-0.3, -0.25) is 0 Å². The van der Waals surface area contributed by atoms with Crippen molar-refractivity contribution in [3.05, 3.63) is 65.4 Å². The molecule has 2 aromatic carbocycles. The molecule has 0 N–H and O–H groups in total. The number of nitrogens with zero attached hydrogens (tertiary/aromatic N) is 1. The van der Waals surface area contributed by atoms with E-state index in [9.17, 15) is 0 Å². The molecular formula is C24H28N+. The van der Waals surface area contributed by atoms with Crippen molar-refractivity contribution >= 4 is 10.8 Å². The molecule has 128 valence electrons. The fourth-order valence-corrected chi connectivity index (χ4v) is 4.47. The van der Waals surface area contributed by atoms with Gasteiger partial charge in [0.2, 0.25) is 5.69 Å². The van der Waals surface area contributed by atoms with Crippen LogP contribution in [0.4, 0.5) is 0 Å². The fraction of sp³-hybridized carbons (Fsp3) is 0.375. The summed E-state index contributed by atoms with van der Waals surface area (Å²) in [5.74, 6) is 0.897. The van der Waals surface area contributed by atoms with Gasteiger partial charge in [-0.15, -0.1) is 0 Å². The lowest BCUT2D eigenvalue weighted by Gasteiger charge is -2.13. The van der Waals surface area contributed by atoms with E-state index in [0.29, 0.717) is 0 Å². The number of benzene rings is 2. The van der Waals surface area contributed by atoms with Crippen molar-refractivity contribution in [1.29, 1.82) is 0 Å². The molecular weight excluding hydrogens is 302 g/mol. The molecule has 0 spiro atoms. The van der Waals surface area contributed by atoms with E-state index in [0.717, 1.165) is 5.92 Å². The first-order chi connectivity index (χ1) is 12.1. The Morgan fingerprint density at radius 1 is 0.960 bits per heavy atom. The van der Waals surface area contributed by atoms with Crippen LogP contribution in [0.2, 0.25) is 0 Å². The van der Waals surface area contributed by atoms with Crippen LogP contribution in [0.5, 0.6) is 0 Å². The maximum absolute atomic E-state index is 2.43. The molecule has 1 aromatic heterocycles. The van der Waals surface area contributed by atoms with Gasteiger partial charge in [0.1, 0.15) is 7.05 Å². The van der Waals surface area contributed by atoms with Gasteiger partial charge in [0, 0.05) is 18.6 Å². The third-order valence-electron chi connectivity index (χ3n) is 6.00. The molecule has 0 saturated heterocycles. The summed E-state index contributed by atoms with van der Waals surface area (Å²) in [7, 11) is 2.18. The maximum atomic E-state index is 2.43. The highest BCUT2D eigenvalue weighted by molar-refractivity contribution is 5.94. The minimum Gasteiger partial charge on any atom is -0.198 e. The third kappa shape index (κ3) is 3.08. The molecule has 0 unspecified atom stereocenters. The molecule has 1 heterocycles. The van der Waals surface area contributed by atoms with Crippen LogP contribution in [0, 0.1) is 19.8 Å². The Morgan fingerprint density at radius 3 is 2.48 bits per heavy atom. The lowest BCUT2D eigenvalue weighted by molar-refractivity contribution is -0.665. The number of rotatable bonds is 3. The Balaban J connectivity index is 1.85. The van der Waals surface area contributed by atoms with Crippen molar-refractivity contribution in [2.24, 2.45) is 13.0 Å². The summed E-state index contributed by atoms with van der Waals surface area (Å²) in [6.07, 6.45) is 6.91. The van der Waals surface area contributed by atoms with Crippen LogP contribution in [-0.4, -0.2) is 0 Å². The summed E-state index contributed by atoms with van der Waals surface area (Å²) in [6.45, 7) is 4.42. The summed E-state index contributed by atoms with van der Waals surface area (Å²) < 4.78 is 2.33. The standard InChI is InChI=1S/C24H28N/c1-17-8-4-7-11-22(17)24-23-13-12-20(15-19-9-5-6-10-19)16-21(23)14-18(2)25(24)3/h4,7-8,11-14,16,19H,5-6,9-10,15H2,1-3H3/q+1. The largest absolute Gasteiger partial charge is 0.220 e. The van der Waals surface area contributed by atoms with Gasteiger partial charge in [-0.1, -0.05) is 56.0 Å². The number of hydrogen-bond donors (Lipinski definition) is 0. The molecule has 1 fully saturated rings. The zero-order chi connectivity index (χ0) is 17.4. The summed E-state index contributed by atoms with van der Waals surface area (Å²) in [4.78, 5) is 0. The Morgan fingerprint density at radius 2 is 1.72 bits per heavy atom. The molecule has 1 aliphatic carbocycles. The van der Waals surface area contributed by atoms with Gasteiger partial charge >= 0.3 is 0 Å². The van der Waals surface area contributed by atoms with E-state index in [1.54, 1.807) is 0 Å². The molecule has 3 aromatic rings. The topological polar surface area (TPSA) is 3.88 Å². The predicted molar refractivity (Wildman–Crippen MR) is 106 cm³/mol. The van der Waals surface area contributed by atoms with Crippen LogP contribution < -0.4 is 4.57 Å². The Kier molecular flexibility index (Phi) is 4.33. The second-order valence-electron chi connectivity index (χ2n) is 7.78. The second kappa shape index (κ2) is 6.63. The van der Waals surface area contributed by atoms with Gasteiger partial charge in [0.05, 0.1) is 5.39 Å². The first-order valence-corrected chi connectivity index (χ1v) is 9.62. The number of hydrogen-bond acceptors (Lipinski definition) is 0. The van der Waals surface area contributed by atoms with E-state index >= 15 is 0 Å². The Bertz CT molecular complexity index is 917. The molecule has 0 radical (unpaired) electrons. The highest BCUT2D eigenvalue weighted by Gasteiger charge is 2.20. The SMILES string of the molecule is Cc1ccccc1-c1c2ccc(CC3CCCC3)cc2cc(C)[n+]1C. The molecule has 4 rings (SSSR count). The molecule has 0 amide bonds. The molecule has 0 bridgehead atoms. The van der Waals surface area contributed by atoms with Crippen LogP contribution in [0.25, 0.3) is 22.0 Å². The van der Waals surface area contributed by atoms with Crippen LogP contribution in [-0.2, 0) is 13.5 Å². The normalized spacial score (nSPS) is 15.2. The smallest absolute Gasteiger partial charge is 0.198 e. The highest BCUT2D eigenvalue weighted by Crippen LogP contribution is 2.32. The maximum Gasteiger partial charge on any atom is 0.220 e. The summed E-state index contributed by atoms with van der Waals surface area (Å²) >= 11 is 0. The highest BCUT2D eigenvalue weighted by atomic mass is 14.9. The van der Waals surface area contributed by atoms with E-state index in [4.69, 9.17) is 0 Å². The van der Waals surface area contributed by atoms with E-state index in [-0.39, 0.29) is 0 Å². The quantitative estimate of drug-likeness (QED) is 0.544. The fourth-order valence-electron chi connectivity index (χ4n) is 4.47. The zero-order valence-electron chi connectivity index (χ0n) is 15.7. The molecule has 25 heavy (non-hydrogen) atoms. The van der Waals surface area contributed by atoms with Gasteiger partial charge in [-0.25, -0.2) is 0 Å². The number of aryl methyl sites for hydroxylation is 2. The second-order valence-corrected chi connectivity index (χ2v) is 7.78. The van der Waals surface area contributed by atoms with E-state index in [1.807, 2.05) is 0 Å². The van der Waals surface area contributed by atoms with Crippen molar-refractivity contribution in [2.45, 2.75) is 46.0 Å². The molecule has 1 heteroatoms. The molecule has 0 aliphatic heterocycles. The first-order valence-electron chi connectivity index (χ1n) is 9.62. The average molecular weight is 330 g/mol. The minimum absolute atomic E-state index is 0.897. The van der Waals surface area contributed by atoms with Gasteiger partial charge in [0.25, 0.3) is 0 Å². The summed E-state index contributed by atoms with van der Waals surface area (Å²) in [6, 6.07) is 18.2. The molecule has 1 nitrogen and oxygen atoms in total. The van der Waals surface area contributed by atoms with Gasteiger partial charge in [-0.05, 0) is 47.9 Å². The van der Waals surface area contributed by atoms with Crippen LogP contribution >= 0.6 is 0 Å². The predicted octanol–water partition coefficient (Wildman–Crippen LogP) is 5.68. The molecule has 1 aliphatic rings. The van der Waals surface area contributed by atoms with Gasteiger partial charge in [-0.2, -0.15) is 4.57 Å². The third-order valence-corrected chi connectivity index (χ3v) is 6.00. The van der Waals surface area contributed by atoms with Crippen LogP contribution in [0.1, 0.15) is 42.5 Å². The van der Waals surface area contributed by atoms with Gasteiger partial charge < -0.3 is 0 Å². The average Bonchev–Trinajstić information content (AvgIpc) is 3.10. The molecule has 0 atom stereocenters. The van der Waals surface area contributed by atoms with E-state index in [2.05, 4.69) is 74.0 Å². The summed E-state index contributed by atoms with van der Waals surface area (Å²) in [5, 5.41) is 2.74. The van der Waals surface area contributed by atoms with E-state index < -0.39 is 0 Å².